The molecule has 2 unspecified atom stereocenters. The lowest BCUT2D eigenvalue weighted by atomic mass is 9.98. The standard InChI is InChI=1S/C16H25NO3/c1-13(18)14-7-5-6-10-17(14)11-12-20-16-9-4-3-8-15(16)19-2/h3-4,8-9,13-14,18H,5-7,10-12H2,1-2H3. The predicted octanol–water partition coefficient (Wildman–Crippen LogP) is 2.31. The zero-order valence-electron chi connectivity index (χ0n) is 12.4. The van der Waals surface area contributed by atoms with Crippen molar-refractivity contribution in [2.45, 2.75) is 38.3 Å². The lowest BCUT2D eigenvalue weighted by Crippen LogP contribution is -2.47. The van der Waals surface area contributed by atoms with Crippen LogP contribution in [0, 0.1) is 0 Å². The van der Waals surface area contributed by atoms with Crippen LogP contribution in [0.4, 0.5) is 0 Å². The summed E-state index contributed by atoms with van der Waals surface area (Å²) in [5, 5.41) is 9.84. The van der Waals surface area contributed by atoms with Crippen molar-refractivity contribution in [2.75, 3.05) is 26.8 Å². The van der Waals surface area contributed by atoms with Crippen molar-refractivity contribution in [1.29, 1.82) is 0 Å². The number of para-hydroxylation sites is 2. The first-order valence-corrected chi connectivity index (χ1v) is 7.40. The smallest absolute Gasteiger partial charge is 0.161 e. The van der Waals surface area contributed by atoms with E-state index >= 15 is 0 Å². The highest BCUT2D eigenvalue weighted by Gasteiger charge is 2.25. The van der Waals surface area contributed by atoms with Gasteiger partial charge in [0.1, 0.15) is 6.61 Å². The summed E-state index contributed by atoms with van der Waals surface area (Å²) in [4.78, 5) is 2.34. The average Bonchev–Trinajstić information content (AvgIpc) is 2.48. The van der Waals surface area contributed by atoms with Gasteiger partial charge in [-0.2, -0.15) is 0 Å². The third-order valence-corrected chi connectivity index (χ3v) is 3.93. The average molecular weight is 279 g/mol. The van der Waals surface area contributed by atoms with E-state index in [0.29, 0.717) is 6.61 Å². The van der Waals surface area contributed by atoms with Crippen LogP contribution in [0.25, 0.3) is 0 Å². The number of ether oxygens (including phenoxy) is 2. The van der Waals surface area contributed by atoms with Crippen molar-refractivity contribution < 1.29 is 14.6 Å². The Morgan fingerprint density at radius 3 is 2.75 bits per heavy atom. The van der Waals surface area contributed by atoms with Gasteiger partial charge in [0, 0.05) is 12.6 Å². The molecule has 0 aromatic heterocycles. The Morgan fingerprint density at radius 1 is 1.30 bits per heavy atom. The predicted molar refractivity (Wildman–Crippen MR) is 79.4 cm³/mol. The van der Waals surface area contributed by atoms with Crippen molar-refractivity contribution in [3.63, 3.8) is 0 Å². The SMILES string of the molecule is COc1ccccc1OCCN1CCCCC1C(C)O. The number of methoxy groups -OCH3 is 1. The first-order chi connectivity index (χ1) is 9.72. The first-order valence-electron chi connectivity index (χ1n) is 7.40. The van der Waals surface area contributed by atoms with Gasteiger partial charge in [-0.1, -0.05) is 18.6 Å². The number of aliphatic hydroxyl groups is 1. The van der Waals surface area contributed by atoms with Gasteiger partial charge in [0.25, 0.3) is 0 Å². The van der Waals surface area contributed by atoms with E-state index < -0.39 is 0 Å². The number of nitrogens with zero attached hydrogens (tertiary/aromatic N) is 1. The Labute approximate surface area is 121 Å². The zero-order valence-corrected chi connectivity index (χ0v) is 12.4. The van der Waals surface area contributed by atoms with E-state index in [1.807, 2.05) is 31.2 Å². The van der Waals surface area contributed by atoms with Gasteiger partial charge in [0.2, 0.25) is 0 Å². The molecule has 0 amide bonds. The van der Waals surface area contributed by atoms with Gasteiger partial charge < -0.3 is 14.6 Å². The monoisotopic (exact) mass is 279 g/mol. The number of aliphatic hydroxyl groups excluding tert-OH is 1. The van der Waals surface area contributed by atoms with E-state index in [4.69, 9.17) is 9.47 Å². The molecule has 2 atom stereocenters. The van der Waals surface area contributed by atoms with Crippen LogP contribution in [0.5, 0.6) is 11.5 Å². The van der Waals surface area contributed by atoms with E-state index in [9.17, 15) is 5.11 Å². The van der Waals surface area contributed by atoms with Gasteiger partial charge in [0.15, 0.2) is 11.5 Å². The number of hydrogen-bond acceptors (Lipinski definition) is 4. The topological polar surface area (TPSA) is 41.9 Å². The molecular formula is C16H25NO3. The van der Waals surface area contributed by atoms with Crippen LogP contribution in [0.3, 0.4) is 0 Å². The number of likely N-dealkylation sites (tertiary alicyclic amines) is 1. The highest BCUT2D eigenvalue weighted by molar-refractivity contribution is 5.39. The molecule has 0 bridgehead atoms. The Hall–Kier alpha value is -1.26. The number of hydrogen-bond donors (Lipinski definition) is 1. The van der Waals surface area contributed by atoms with Crippen LogP contribution in [0.1, 0.15) is 26.2 Å². The van der Waals surface area contributed by atoms with E-state index in [1.165, 1.54) is 12.8 Å². The summed E-state index contributed by atoms with van der Waals surface area (Å²) in [6, 6.07) is 7.96. The molecule has 4 heteroatoms. The number of rotatable bonds is 6. The quantitative estimate of drug-likeness (QED) is 0.867. The minimum atomic E-state index is -0.276. The van der Waals surface area contributed by atoms with Crippen LogP contribution in [-0.2, 0) is 0 Å². The normalized spacial score (nSPS) is 21.4. The van der Waals surface area contributed by atoms with Crippen molar-refractivity contribution in [3.05, 3.63) is 24.3 Å². The molecule has 1 saturated heterocycles. The van der Waals surface area contributed by atoms with E-state index in [1.54, 1.807) is 7.11 Å². The molecule has 112 valence electrons. The highest BCUT2D eigenvalue weighted by Crippen LogP contribution is 2.26. The molecule has 1 N–H and O–H groups in total. The summed E-state index contributed by atoms with van der Waals surface area (Å²) < 4.78 is 11.1. The van der Waals surface area contributed by atoms with E-state index in [-0.39, 0.29) is 12.1 Å². The molecule has 1 aliphatic heterocycles. The molecule has 1 aliphatic rings. The summed E-state index contributed by atoms with van der Waals surface area (Å²) in [5.41, 5.74) is 0. The van der Waals surface area contributed by atoms with Gasteiger partial charge in [0.05, 0.1) is 13.2 Å². The van der Waals surface area contributed by atoms with Gasteiger partial charge in [-0.05, 0) is 38.4 Å². The van der Waals surface area contributed by atoms with Gasteiger partial charge in [-0.25, -0.2) is 0 Å². The van der Waals surface area contributed by atoms with Gasteiger partial charge >= 0.3 is 0 Å². The molecule has 1 fully saturated rings. The zero-order chi connectivity index (χ0) is 14.4. The largest absolute Gasteiger partial charge is 0.493 e. The van der Waals surface area contributed by atoms with Crippen LogP contribution >= 0.6 is 0 Å². The second-order valence-corrected chi connectivity index (χ2v) is 5.34. The van der Waals surface area contributed by atoms with Crippen molar-refractivity contribution in [3.8, 4) is 11.5 Å². The molecule has 4 nitrogen and oxygen atoms in total. The van der Waals surface area contributed by atoms with E-state index in [0.717, 1.165) is 31.0 Å². The van der Waals surface area contributed by atoms with Crippen LogP contribution < -0.4 is 9.47 Å². The molecule has 0 radical (unpaired) electrons. The fraction of sp³-hybridized carbons (Fsp3) is 0.625. The Kier molecular flexibility index (Phi) is 5.68. The summed E-state index contributed by atoms with van der Waals surface area (Å²) in [6.07, 6.45) is 3.21. The fourth-order valence-electron chi connectivity index (χ4n) is 2.85. The van der Waals surface area contributed by atoms with Crippen molar-refractivity contribution in [2.24, 2.45) is 0 Å². The molecule has 2 rings (SSSR count). The lowest BCUT2D eigenvalue weighted by molar-refractivity contribution is 0.0291. The summed E-state index contributed by atoms with van der Waals surface area (Å²) >= 11 is 0. The molecule has 1 aromatic rings. The van der Waals surface area contributed by atoms with Gasteiger partial charge in [-0.3, -0.25) is 4.90 Å². The van der Waals surface area contributed by atoms with Crippen LogP contribution in [0.2, 0.25) is 0 Å². The maximum Gasteiger partial charge on any atom is 0.161 e. The second kappa shape index (κ2) is 7.50. The van der Waals surface area contributed by atoms with Crippen LogP contribution in [0.15, 0.2) is 24.3 Å². The van der Waals surface area contributed by atoms with Crippen LogP contribution in [-0.4, -0.2) is 49.0 Å². The molecule has 0 saturated carbocycles. The summed E-state index contributed by atoms with van der Waals surface area (Å²) in [6.45, 7) is 4.38. The molecule has 1 aromatic carbocycles. The summed E-state index contributed by atoms with van der Waals surface area (Å²) in [7, 11) is 1.65. The summed E-state index contributed by atoms with van der Waals surface area (Å²) in [5.74, 6) is 1.54. The maximum absolute atomic E-state index is 9.84. The third kappa shape index (κ3) is 3.87. The molecule has 0 aliphatic carbocycles. The lowest BCUT2D eigenvalue weighted by Gasteiger charge is -2.37. The molecule has 20 heavy (non-hydrogen) atoms. The molecular weight excluding hydrogens is 254 g/mol. The first kappa shape index (κ1) is 15.1. The second-order valence-electron chi connectivity index (χ2n) is 5.34. The number of piperidine rings is 1. The highest BCUT2D eigenvalue weighted by atomic mass is 16.5. The Balaban J connectivity index is 1.85. The Bertz CT molecular complexity index is 408. The third-order valence-electron chi connectivity index (χ3n) is 3.93. The Morgan fingerprint density at radius 2 is 2.05 bits per heavy atom. The van der Waals surface area contributed by atoms with Crippen molar-refractivity contribution in [1.82, 2.24) is 4.90 Å². The minimum absolute atomic E-state index is 0.269. The van der Waals surface area contributed by atoms with Gasteiger partial charge in [-0.15, -0.1) is 0 Å². The molecule has 0 spiro atoms. The molecule has 1 heterocycles. The van der Waals surface area contributed by atoms with E-state index in [2.05, 4.69) is 4.90 Å². The fourth-order valence-corrected chi connectivity index (χ4v) is 2.85. The van der Waals surface area contributed by atoms with Crippen molar-refractivity contribution >= 4 is 0 Å². The maximum atomic E-state index is 9.84. The number of benzene rings is 1. The minimum Gasteiger partial charge on any atom is -0.493 e.